The van der Waals surface area contributed by atoms with E-state index in [-0.39, 0.29) is 21.4 Å². The number of halogens is 2. The summed E-state index contributed by atoms with van der Waals surface area (Å²) in [6.45, 7) is 0. The van der Waals surface area contributed by atoms with Gasteiger partial charge in [-0.3, -0.25) is 9.59 Å². The number of hydrogen-bond acceptors (Lipinski definition) is 4. The van der Waals surface area contributed by atoms with E-state index in [1.54, 1.807) is 35.0 Å². The fourth-order valence-electron chi connectivity index (χ4n) is 3.86. The van der Waals surface area contributed by atoms with Crippen LogP contribution in [-0.2, 0) is 10.0 Å². The molecule has 180 valence electrons. The molecule has 10 heteroatoms. The molecule has 0 aliphatic carbocycles. The average Bonchev–Trinajstić information content (AvgIpc) is 3.18. The predicted octanol–water partition coefficient (Wildman–Crippen LogP) is 4.69. The maximum Gasteiger partial charge on any atom is 0.279 e. The largest absolute Gasteiger partial charge is 0.279 e. The van der Waals surface area contributed by atoms with E-state index < -0.39 is 26.8 Å². The first-order valence-electron chi connectivity index (χ1n) is 10.7. The molecule has 0 spiro atoms. The van der Waals surface area contributed by atoms with Crippen LogP contribution in [0.5, 0.6) is 0 Å². The van der Waals surface area contributed by atoms with E-state index >= 15 is 0 Å². The van der Waals surface area contributed by atoms with Gasteiger partial charge in [-0.25, -0.2) is 26.9 Å². The molecule has 0 bridgehead atoms. The van der Waals surface area contributed by atoms with Crippen molar-refractivity contribution in [3.8, 4) is 11.4 Å². The van der Waals surface area contributed by atoms with Crippen molar-refractivity contribution in [2.45, 2.75) is 4.90 Å². The van der Waals surface area contributed by atoms with Crippen LogP contribution in [-0.4, -0.2) is 23.7 Å². The number of benzene rings is 4. The lowest BCUT2D eigenvalue weighted by molar-refractivity contribution is 0.0981. The summed E-state index contributed by atoms with van der Waals surface area (Å²) in [5.41, 5.74) is 1.44. The van der Waals surface area contributed by atoms with Crippen molar-refractivity contribution in [2.75, 3.05) is 0 Å². The molecule has 0 radical (unpaired) electrons. The number of aromatic nitrogens is 2. The minimum Gasteiger partial charge on any atom is -0.268 e. The van der Waals surface area contributed by atoms with E-state index in [2.05, 4.69) is 0 Å². The molecule has 0 unspecified atom stereocenters. The molecule has 1 amide bonds. The van der Waals surface area contributed by atoms with Gasteiger partial charge < -0.3 is 0 Å². The van der Waals surface area contributed by atoms with E-state index in [4.69, 9.17) is 11.6 Å². The van der Waals surface area contributed by atoms with Crippen LogP contribution in [0.1, 0.15) is 10.4 Å². The molecule has 0 saturated carbocycles. The number of nitrogens with zero attached hydrogens (tertiary/aromatic N) is 2. The topological polar surface area (TPSA) is 90.2 Å². The molecular formula is C26H17ClFN3O4S. The predicted molar refractivity (Wildman–Crippen MR) is 135 cm³/mol. The van der Waals surface area contributed by atoms with Crippen molar-refractivity contribution in [2.24, 2.45) is 0 Å². The van der Waals surface area contributed by atoms with Crippen LogP contribution in [0.2, 0.25) is 5.02 Å². The summed E-state index contributed by atoms with van der Waals surface area (Å²) in [6, 6.07) is 25.4. The fourth-order valence-corrected chi connectivity index (χ4v) is 5.10. The molecule has 7 nitrogen and oxygen atoms in total. The van der Waals surface area contributed by atoms with E-state index in [0.29, 0.717) is 11.2 Å². The number of para-hydroxylation sites is 2. The number of carbonyl (C=O) groups excluding carboxylic acids is 1. The first-order chi connectivity index (χ1) is 17.3. The van der Waals surface area contributed by atoms with E-state index in [9.17, 15) is 22.4 Å². The second-order valence-corrected chi connectivity index (χ2v) is 9.93. The van der Waals surface area contributed by atoms with Gasteiger partial charge in [0.15, 0.2) is 0 Å². The summed E-state index contributed by atoms with van der Waals surface area (Å²) >= 11 is 5.68. The highest BCUT2D eigenvalue weighted by Crippen LogP contribution is 2.23. The van der Waals surface area contributed by atoms with Gasteiger partial charge in [0.25, 0.3) is 21.5 Å². The van der Waals surface area contributed by atoms with Crippen molar-refractivity contribution < 1.29 is 17.6 Å². The monoisotopic (exact) mass is 521 g/mol. The number of amides is 1. The standard InChI is InChI=1S/C26H17ClFN3O4S/c27-22-16-20(12-13-23(22)28)36(34,35)29-25(32)17-11-14-24-21(15-17)26(33)31(19-9-5-2-6-10-19)30(24)18-7-3-1-4-8-18/h1-16H,(H,29,32). The molecule has 0 aliphatic heterocycles. The lowest BCUT2D eigenvalue weighted by Crippen LogP contribution is -2.30. The van der Waals surface area contributed by atoms with Crippen LogP contribution >= 0.6 is 11.6 Å². The third kappa shape index (κ3) is 4.19. The molecule has 4 aromatic carbocycles. The van der Waals surface area contributed by atoms with E-state index in [0.717, 1.165) is 23.9 Å². The zero-order chi connectivity index (χ0) is 25.4. The van der Waals surface area contributed by atoms with Gasteiger partial charge in [-0.05, 0) is 60.7 Å². The summed E-state index contributed by atoms with van der Waals surface area (Å²) in [7, 11) is -4.34. The minimum atomic E-state index is -4.34. The zero-order valence-corrected chi connectivity index (χ0v) is 20.0. The van der Waals surface area contributed by atoms with Crippen molar-refractivity contribution in [1.29, 1.82) is 0 Å². The SMILES string of the molecule is O=C(NS(=O)(=O)c1ccc(F)c(Cl)c1)c1ccc2c(c1)c(=O)n(-c1ccccc1)n2-c1ccccc1. The molecule has 0 aliphatic rings. The molecule has 5 aromatic rings. The van der Waals surface area contributed by atoms with Gasteiger partial charge in [-0.2, -0.15) is 0 Å². The Morgan fingerprint density at radius 3 is 2.03 bits per heavy atom. The smallest absolute Gasteiger partial charge is 0.268 e. The van der Waals surface area contributed by atoms with E-state index in [1.807, 2.05) is 41.1 Å². The molecule has 1 heterocycles. The lowest BCUT2D eigenvalue weighted by Gasteiger charge is -2.13. The van der Waals surface area contributed by atoms with Crippen molar-refractivity contribution in [1.82, 2.24) is 14.1 Å². The third-order valence-corrected chi connectivity index (χ3v) is 7.16. The number of sulfonamides is 1. The normalized spacial score (nSPS) is 11.5. The maximum absolute atomic E-state index is 13.5. The third-order valence-electron chi connectivity index (χ3n) is 5.54. The Morgan fingerprint density at radius 1 is 0.806 bits per heavy atom. The second-order valence-electron chi connectivity index (χ2n) is 7.84. The minimum absolute atomic E-state index is 0.0400. The lowest BCUT2D eigenvalue weighted by atomic mass is 10.1. The van der Waals surface area contributed by atoms with Gasteiger partial charge >= 0.3 is 0 Å². The van der Waals surface area contributed by atoms with Crippen LogP contribution in [0, 0.1) is 5.82 Å². The highest BCUT2D eigenvalue weighted by molar-refractivity contribution is 7.90. The summed E-state index contributed by atoms with van der Waals surface area (Å²) in [4.78, 5) is 26.0. The van der Waals surface area contributed by atoms with Gasteiger partial charge in [0.1, 0.15) is 5.82 Å². The Labute approximate surface area is 210 Å². The molecule has 36 heavy (non-hydrogen) atoms. The van der Waals surface area contributed by atoms with Gasteiger partial charge in [0.2, 0.25) is 0 Å². The average molecular weight is 522 g/mol. The van der Waals surface area contributed by atoms with Crippen LogP contribution in [0.25, 0.3) is 22.3 Å². The van der Waals surface area contributed by atoms with Crippen LogP contribution in [0.15, 0.2) is 107 Å². The molecule has 1 aromatic heterocycles. The Morgan fingerprint density at radius 2 is 1.42 bits per heavy atom. The second kappa shape index (κ2) is 9.10. The number of carbonyl (C=O) groups is 1. The molecule has 0 atom stereocenters. The first kappa shape index (κ1) is 23.5. The molecular weight excluding hydrogens is 505 g/mol. The Balaban J connectivity index is 1.61. The Kier molecular flexibility index (Phi) is 5.95. The summed E-state index contributed by atoms with van der Waals surface area (Å²) in [5, 5.41) is -0.173. The number of fused-ring (bicyclic) bond motifs is 1. The number of rotatable bonds is 5. The van der Waals surface area contributed by atoms with Gasteiger partial charge in [-0.15, -0.1) is 0 Å². The Hall–Kier alpha value is -4.21. The van der Waals surface area contributed by atoms with Crippen molar-refractivity contribution in [3.63, 3.8) is 0 Å². The molecule has 1 N–H and O–H groups in total. The van der Waals surface area contributed by atoms with Gasteiger partial charge in [0.05, 0.1) is 32.2 Å². The van der Waals surface area contributed by atoms with Crippen LogP contribution in [0.4, 0.5) is 4.39 Å². The molecule has 0 fully saturated rings. The summed E-state index contributed by atoms with van der Waals surface area (Å²) < 4.78 is 43.9. The first-order valence-corrected chi connectivity index (χ1v) is 12.5. The van der Waals surface area contributed by atoms with Gasteiger partial charge in [0, 0.05) is 5.56 Å². The highest BCUT2D eigenvalue weighted by Gasteiger charge is 2.22. The van der Waals surface area contributed by atoms with Crippen LogP contribution in [0.3, 0.4) is 0 Å². The molecule has 0 saturated heterocycles. The Bertz CT molecular complexity index is 1780. The van der Waals surface area contributed by atoms with Crippen molar-refractivity contribution >= 4 is 38.4 Å². The fraction of sp³-hybridized carbons (Fsp3) is 0. The number of hydrogen-bond donors (Lipinski definition) is 1. The quantitative estimate of drug-likeness (QED) is 0.363. The number of nitrogens with one attached hydrogen (secondary N) is 1. The zero-order valence-electron chi connectivity index (χ0n) is 18.4. The highest BCUT2D eigenvalue weighted by atomic mass is 35.5. The van der Waals surface area contributed by atoms with Gasteiger partial charge in [-0.1, -0.05) is 48.0 Å². The van der Waals surface area contributed by atoms with E-state index in [1.165, 1.54) is 16.8 Å². The molecule has 5 rings (SSSR count). The van der Waals surface area contributed by atoms with Crippen molar-refractivity contribution in [3.05, 3.63) is 124 Å². The van der Waals surface area contributed by atoms with Crippen LogP contribution < -0.4 is 10.3 Å². The summed E-state index contributed by atoms with van der Waals surface area (Å²) in [6.07, 6.45) is 0. The maximum atomic E-state index is 13.5. The summed E-state index contributed by atoms with van der Waals surface area (Å²) in [5.74, 6) is -1.74.